The van der Waals surface area contributed by atoms with Gasteiger partial charge in [-0.05, 0) is 15.9 Å². The van der Waals surface area contributed by atoms with E-state index in [1.54, 1.807) is 7.05 Å². The van der Waals surface area contributed by atoms with E-state index in [-0.39, 0.29) is 5.69 Å². The molecule has 0 saturated carbocycles. The SMILES string of the molecule is Cn1nc(C(=O)O)c2ncnc(Br)c21. The number of hydrogen-bond acceptors (Lipinski definition) is 4. The van der Waals surface area contributed by atoms with E-state index in [0.717, 1.165) is 0 Å². The molecule has 2 heterocycles. The third-order valence-electron chi connectivity index (χ3n) is 1.78. The van der Waals surface area contributed by atoms with Gasteiger partial charge in [-0.2, -0.15) is 5.10 Å². The van der Waals surface area contributed by atoms with Crippen molar-refractivity contribution in [2.75, 3.05) is 0 Å². The fourth-order valence-corrected chi connectivity index (χ4v) is 1.74. The van der Waals surface area contributed by atoms with Crippen molar-refractivity contribution >= 4 is 32.9 Å². The van der Waals surface area contributed by atoms with E-state index in [2.05, 4.69) is 31.0 Å². The van der Waals surface area contributed by atoms with Crippen LogP contribution in [0.5, 0.6) is 0 Å². The van der Waals surface area contributed by atoms with Crippen molar-refractivity contribution < 1.29 is 9.90 Å². The largest absolute Gasteiger partial charge is 0.476 e. The average molecular weight is 257 g/mol. The van der Waals surface area contributed by atoms with Crippen LogP contribution in [-0.2, 0) is 7.05 Å². The highest BCUT2D eigenvalue weighted by Gasteiger charge is 2.18. The van der Waals surface area contributed by atoms with Crippen LogP contribution in [0.25, 0.3) is 11.0 Å². The summed E-state index contributed by atoms with van der Waals surface area (Å²) in [5, 5.41) is 12.7. The maximum absolute atomic E-state index is 10.8. The van der Waals surface area contributed by atoms with Crippen LogP contribution < -0.4 is 0 Å². The molecule has 0 fully saturated rings. The Morgan fingerprint density at radius 3 is 2.93 bits per heavy atom. The molecule has 1 N–H and O–H groups in total. The molecule has 0 bridgehead atoms. The predicted octanol–water partition coefficient (Wildman–Crippen LogP) is 0.824. The van der Waals surface area contributed by atoms with E-state index < -0.39 is 5.97 Å². The summed E-state index contributed by atoms with van der Waals surface area (Å²) in [5.41, 5.74) is 0.845. The van der Waals surface area contributed by atoms with E-state index in [1.165, 1.54) is 11.0 Å². The fourth-order valence-electron chi connectivity index (χ4n) is 1.21. The molecule has 0 aliphatic heterocycles. The number of aromatic carboxylic acids is 1. The number of halogens is 1. The summed E-state index contributed by atoms with van der Waals surface area (Å²) >= 11 is 3.21. The lowest BCUT2D eigenvalue weighted by Gasteiger charge is -1.93. The minimum Gasteiger partial charge on any atom is -0.476 e. The Hall–Kier alpha value is -1.50. The number of carboxylic acids is 1. The molecule has 0 atom stereocenters. The minimum absolute atomic E-state index is 0.0643. The predicted molar refractivity (Wildman–Crippen MR) is 51.0 cm³/mol. The maximum atomic E-state index is 10.8. The first-order valence-corrected chi connectivity index (χ1v) is 4.47. The molecule has 0 unspecified atom stereocenters. The molecule has 0 aliphatic carbocycles. The van der Waals surface area contributed by atoms with Crippen LogP contribution in [0.2, 0.25) is 0 Å². The lowest BCUT2D eigenvalue weighted by molar-refractivity contribution is 0.0691. The molecule has 2 aromatic heterocycles. The number of hydrogen-bond donors (Lipinski definition) is 1. The van der Waals surface area contributed by atoms with Gasteiger partial charge in [0.05, 0.1) is 0 Å². The zero-order chi connectivity index (χ0) is 10.3. The summed E-state index contributed by atoms with van der Waals surface area (Å²) in [6.45, 7) is 0. The van der Waals surface area contributed by atoms with Crippen LogP contribution >= 0.6 is 15.9 Å². The normalized spacial score (nSPS) is 10.7. The van der Waals surface area contributed by atoms with Crippen LogP contribution in [-0.4, -0.2) is 30.8 Å². The number of fused-ring (bicyclic) bond motifs is 1. The zero-order valence-electron chi connectivity index (χ0n) is 7.10. The van der Waals surface area contributed by atoms with Gasteiger partial charge < -0.3 is 5.11 Å². The molecule has 6 nitrogen and oxygen atoms in total. The number of carboxylic acid groups (broad SMARTS) is 1. The lowest BCUT2D eigenvalue weighted by Crippen LogP contribution is -1.99. The van der Waals surface area contributed by atoms with Crippen LogP contribution in [0.15, 0.2) is 10.9 Å². The second-order valence-corrected chi connectivity index (χ2v) is 3.39. The van der Waals surface area contributed by atoms with Crippen molar-refractivity contribution in [2.45, 2.75) is 0 Å². The second-order valence-electron chi connectivity index (χ2n) is 2.64. The monoisotopic (exact) mass is 256 g/mol. The third kappa shape index (κ3) is 1.17. The Morgan fingerprint density at radius 1 is 1.57 bits per heavy atom. The Bertz CT molecular complexity index is 522. The van der Waals surface area contributed by atoms with Crippen LogP contribution in [0, 0.1) is 0 Å². The van der Waals surface area contributed by atoms with E-state index in [9.17, 15) is 4.79 Å². The average Bonchev–Trinajstić information content (AvgIpc) is 2.45. The number of aromatic nitrogens is 4. The Balaban J connectivity index is 2.91. The highest BCUT2D eigenvalue weighted by molar-refractivity contribution is 9.10. The van der Waals surface area contributed by atoms with Gasteiger partial charge >= 0.3 is 5.97 Å². The second kappa shape index (κ2) is 3.02. The summed E-state index contributed by atoms with van der Waals surface area (Å²) in [4.78, 5) is 18.6. The van der Waals surface area contributed by atoms with Gasteiger partial charge in [-0.15, -0.1) is 0 Å². The maximum Gasteiger partial charge on any atom is 0.358 e. The molecule has 14 heavy (non-hydrogen) atoms. The van der Waals surface area contributed by atoms with E-state index >= 15 is 0 Å². The standard InChI is InChI=1S/C7H5BrN4O2/c1-12-5-3(4(11-12)7(13)14)9-2-10-6(5)8/h2H,1H3,(H,13,14). The molecule has 0 spiro atoms. The quantitative estimate of drug-likeness (QED) is 0.765. The van der Waals surface area contributed by atoms with Gasteiger partial charge in [0.1, 0.15) is 22.0 Å². The Labute approximate surface area is 86.7 Å². The third-order valence-corrected chi connectivity index (χ3v) is 2.36. The summed E-state index contributed by atoms with van der Waals surface area (Å²) < 4.78 is 1.97. The van der Waals surface area contributed by atoms with Crippen molar-refractivity contribution in [3.8, 4) is 0 Å². The lowest BCUT2D eigenvalue weighted by atomic mass is 10.3. The summed E-state index contributed by atoms with van der Waals surface area (Å²) in [6, 6.07) is 0. The van der Waals surface area contributed by atoms with Gasteiger partial charge in [-0.1, -0.05) is 0 Å². The minimum atomic E-state index is -1.10. The molecule has 0 saturated heterocycles. The first kappa shape index (κ1) is 9.07. The van der Waals surface area contributed by atoms with Gasteiger partial charge in [0.2, 0.25) is 0 Å². The smallest absolute Gasteiger partial charge is 0.358 e. The van der Waals surface area contributed by atoms with Gasteiger partial charge in [-0.25, -0.2) is 14.8 Å². The van der Waals surface area contributed by atoms with Crippen LogP contribution in [0.1, 0.15) is 10.5 Å². The van der Waals surface area contributed by atoms with E-state index in [4.69, 9.17) is 5.11 Å². The van der Waals surface area contributed by atoms with Gasteiger partial charge in [-0.3, -0.25) is 4.68 Å². The molecule has 0 radical (unpaired) electrons. The van der Waals surface area contributed by atoms with Gasteiger partial charge in [0, 0.05) is 7.05 Å². The topological polar surface area (TPSA) is 80.9 Å². The molecule has 0 aliphatic rings. The van der Waals surface area contributed by atoms with Crippen molar-refractivity contribution in [3.63, 3.8) is 0 Å². The molecule has 7 heteroatoms. The first-order chi connectivity index (χ1) is 6.61. The molecule has 2 aromatic rings. The molecular formula is C7H5BrN4O2. The first-order valence-electron chi connectivity index (χ1n) is 3.67. The molecule has 2 rings (SSSR count). The van der Waals surface area contributed by atoms with Gasteiger partial charge in [0.25, 0.3) is 0 Å². The Kier molecular flexibility index (Phi) is 1.95. The van der Waals surface area contributed by atoms with Crippen molar-refractivity contribution in [2.24, 2.45) is 7.05 Å². The zero-order valence-corrected chi connectivity index (χ0v) is 8.69. The fraction of sp³-hybridized carbons (Fsp3) is 0.143. The number of rotatable bonds is 1. The molecule has 0 aromatic carbocycles. The van der Waals surface area contributed by atoms with Crippen LogP contribution in [0.4, 0.5) is 0 Å². The Morgan fingerprint density at radius 2 is 2.29 bits per heavy atom. The highest BCUT2D eigenvalue weighted by Crippen LogP contribution is 2.21. The van der Waals surface area contributed by atoms with Gasteiger partial charge in [0.15, 0.2) is 5.69 Å². The summed E-state index contributed by atoms with van der Waals surface area (Å²) in [7, 11) is 1.64. The van der Waals surface area contributed by atoms with Crippen molar-refractivity contribution in [1.29, 1.82) is 0 Å². The van der Waals surface area contributed by atoms with E-state index in [1.807, 2.05) is 0 Å². The van der Waals surface area contributed by atoms with Crippen molar-refractivity contribution in [1.82, 2.24) is 19.7 Å². The molecule has 0 amide bonds. The summed E-state index contributed by atoms with van der Waals surface area (Å²) in [6.07, 6.45) is 1.29. The molecule has 72 valence electrons. The highest BCUT2D eigenvalue weighted by atomic mass is 79.9. The summed E-state index contributed by atoms with van der Waals surface area (Å²) in [5.74, 6) is -1.10. The number of aryl methyl sites for hydroxylation is 1. The van der Waals surface area contributed by atoms with Crippen molar-refractivity contribution in [3.05, 3.63) is 16.6 Å². The van der Waals surface area contributed by atoms with Crippen LogP contribution in [0.3, 0.4) is 0 Å². The number of carbonyl (C=O) groups is 1. The van der Waals surface area contributed by atoms with E-state index in [0.29, 0.717) is 15.6 Å². The number of nitrogens with zero attached hydrogens (tertiary/aromatic N) is 4. The molecular weight excluding hydrogens is 252 g/mol.